The van der Waals surface area contributed by atoms with Crippen LogP contribution in [0.5, 0.6) is 11.5 Å². The fourth-order valence-corrected chi connectivity index (χ4v) is 6.98. The molecule has 5 heteroatoms. The topological polar surface area (TPSA) is 48.0 Å². The summed E-state index contributed by atoms with van der Waals surface area (Å²) in [6.45, 7) is 8.81. The zero-order chi connectivity index (χ0) is 30.3. The number of hydrogen-bond acceptors (Lipinski definition) is 5. The highest BCUT2D eigenvalue weighted by Crippen LogP contribution is 2.61. The molecule has 4 aromatic rings. The number of benzene rings is 4. The molecule has 4 aromatic carbocycles. The first-order chi connectivity index (χ1) is 20.8. The van der Waals surface area contributed by atoms with Gasteiger partial charge in [-0.15, -0.1) is 0 Å². The van der Waals surface area contributed by atoms with E-state index in [1.807, 2.05) is 48.5 Å². The van der Waals surface area contributed by atoms with E-state index in [-0.39, 0.29) is 24.1 Å². The molecule has 220 valence electrons. The van der Waals surface area contributed by atoms with E-state index in [0.717, 1.165) is 39.1 Å². The quantitative estimate of drug-likeness (QED) is 0.199. The van der Waals surface area contributed by atoms with E-state index in [1.54, 1.807) is 14.2 Å². The highest BCUT2D eigenvalue weighted by molar-refractivity contribution is 6.08. The van der Waals surface area contributed by atoms with E-state index >= 15 is 0 Å². The number of rotatable bonds is 8. The van der Waals surface area contributed by atoms with Crippen LogP contribution in [0.25, 0.3) is 11.6 Å². The van der Waals surface area contributed by atoms with E-state index in [0.29, 0.717) is 11.3 Å². The summed E-state index contributed by atoms with van der Waals surface area (Å²) in [5.41, 5.74) is 5.57. The van der Waals surface area contributed by atoms with Gasteiger partial charge in [0.25, 0.3) is 0 Å². The first-order valence-electron chi connectivity index (χ1n) is 15.0. The molecule has 0 fully saturated rings. The Balaban J connectivity index is 1.69. The second-order valence-electron chi connectivity index (χ2n) is 11.9. The Hall–Kier alpha value is -4.19. The number of ketones is 1. The monoisotopic (exact) mass is 573 g/mol. The summed E-state index contributed by atoms with van der Waals surface area (Å²) in [7, 11) is 3.30. The Morgan fingerprint density at radius 3 is 1.91 bits per heavy atom. The predicted molar refractivity (Wildman–Crippen MR) is 171 cm³/mol. The van der Waals surface area contributed by atoms with Crippen LogP contribution < -0.4 is 9.47 Å². The maximum absolute atomic E-state index is 15.0. The summed E-state index contributed by atoms with van der Waals surface area (Å²) in [6.07, 6.45) is 1.84. The molecule has 1 aliphatic heterocycles. The molecule has 0 bridgehead atoms. The van der Waals surface area contributed by atoms with Crippen molar-refractivity contribution in [3.8, 4) is 11.5 Å². The van der Waals surface area contributed by atoms with Crippen LogP contribution in [0, 0.1) is 0 Å². The zero-order valence-corrected chi connectivity index (χ0v) is 25.7. The molecular weight excluding hydrogens is 534 g/mol. The van der Waals surface area contributed by atoms with Crippen LogP contribution in [-0.4, -0.2) is 37.0 Å². The van der Waals surface area contributed by atoms with Gasteiger partial charge in [0.1, 0.15) is 23.3 Å². The smallest absolute Gasteiger partial charge is 0.173 e. The van der Waals surface area contributed by atoms with Crippen molar-refractivity contribution in [2.75, 3.05) is 14.2 Å². The normalized spacial score (nSPS) is 20.7. The Labute approximate surface area is 254 Å². The number of methoxy groups -OCH3 is 2. The molecule has 0 aromatic heterocycles. The summed E-state index contributed by atoms with van der Waals surface area (Å²) >= 11 is 0. The standard InChI is InChI=1S/C38H39NO4/c1-24(2)39(25(3)4)37-33-14-10-9-13-32(33)34-23-27-11-7-8-12-31(27)35(36(40)26-15-19-29(41-5)20-16-26)38(34,43-37)28-17-21-30(42-6)22-18-28/h7-25,35,37H,1-6H3/t35-,37+,38-/m0/s1. The van der Waals surface area contributed by atoms with Gasteiger partial charge in [-0.25, -0.2) is 0 Å². The van der Waals surface area contributed by atoms with Gasteiger partial charge in [0.05, 0.1) is 20.1 Å². The third kappa shape index (κ3) is 4.77. The molecule has 1 heterocycles. The predicted octanol–water partition coefficient (Wildman–Crippen LogP) is 8.27. The fourth-order valence-electron chi connectivity index (χ4n) is 6.98. The van der Waals surface area contributed by atoms with Crippen molar-refractivity contribution in [1.29, 1.82) is 0 Å². The molecule has 2 aliphatic rings. The summed E-state index contributed by atoms with van der Waals surface area (Å²) in [5, 5.41) is 0. The molecule has 0 saturated carbocycles. The molecule has 43 heavy (non-hydrogen) atoms. The first kappa shape index (κ1) is 28.9. The van der Waals surface area contributed by atoms with Crippen LogP contribution in [0.3, 0.4) is 0 Å². The average Bonchev–Trinajstić information content (AvgIpc) is 3.03. The van der Waals surface area contributed by atoms with Crippen molar-refractivity contribution in [3.05, 3.63) is 130 Å². The van der Waals surface area contributed by atoms with Crippen molar-refractivity contribution in [2.45, 2.75) is 57.5 Å². The van der Waals surface area contributed by atoms with Gasteiger partial charge in [0.15, 0.2) is 5.78 Å². The number of nitrogens with zero attached hydrogens (tertiary/aromatic N) is 1. The van der Waals surface area contributed by atoms with Gasteiger partial charge in [0.2, 0.25) is 0 Å². The van der Waals surface area contributed by atoms with Crippen molar-refractivity contribution in [2.24, 2.45) is 0 Å². The minimum Gasteiger partial charge on any atom is -0.497 e. The Bertz CT molecular complexity index is 1650. The number of carbonyl (C=O) groups excluding carboxylic acids is 1. The van der Waals surface area contributed by atoms with E-state index in [9.17, 15) is 4.79 Å². The molecule has 0 spiro atoms. The fraction of sp³-hybridized carbons (Fsp3) is 0.289. The average molecular weight is 574 g/mol. The molecule has 0 saturated heterocycles. The molecule has 0 N–H and O–H groups in total. The van der Waals surface area contributed by atoms with Gasteiger partial charge < -0.3 is 14.2 Å². The lowest BCUT2D eigenvalue weighted by molar-refractivity contribution is -0.166. The van der Waals surface area contributed by atoms with Gasteiger partial charge >= 0.3 is 0 Å². The molecule has 1 aliphatic carbocycles. The maximum atomic E-state index is 15.0. The largest absolute Gasteiger partial charge is 0.497 e. The van der Waals surface area contributed by atoms with Gasteiger partial charge in [-0.1, -0.05) is 60.7 Å². The number of carbonyl (C=O) groups is 1. The van der Waals surface area contributed by atoms with Crippen LogP contribution >= 0.6 is 0 Å². The van der Waals surface area contributed by atoms with Crippen LogP contribution in [0.4, 0.5) is 0 Å². The summed E-state index contributed by atoms with van der Waals surface area (Å²) in [4.78, 5) is 17.4. The molecule has 3 atom stereocenters. The van der Waals surface area contributed by atoms with Crippen molar-refractivity contribution >= 4 is 17.4 Å². The Kier molecular flexibility index (Phi) is 7.72. The van der Waals surface area contributed by atoms with Gasteiger partial charge in [-0.2, -0.15) is 0 Å². The van der Waals surface area contributed by atoms with E-state index in [4.69, 9.17) is 14.2 Å². The van der Waals surface area contributed by atoms with Crippen molar-refractivity contribution in [3.63, 3.8) is 0 Å². The Morgan fingerprint density at radius 1 is 0.744 bits per heavy atom. The first-order valence-corrected chi connectivity index (χ1v) is 15.0. The minimum atomic E-state index is -1.11. The summed E-state index contributed by atoms with van der Waals surface area (Å²) in [5.74, 6) is 0.801. The second kappa shape index (κ2) is 11.5. The highest BCUT2D eigenvalue weighted by Gasteiger charge is 2.57. The SMILES string of the molecule is COc1ccc(C(=O)[C@@H]2c3ccccc3C=C3c4ccccc4[C@H](N(C(C)C)C(C)C)O[C@@]32c2ccc(OC)cc2)cc1. The van der Waals surface area contributed by atoms with Crippen LogP contribution in [-0.2, 0) is 10.3 Å². The van der Waals surface area contributed by atoms with Gasteiger partial charge in [-0.3, -0.25) is 9.69 Å². The zero-order valence-electron chi connectivity index (χ0n) is 25.7. The van der Waals surface area contributed by atoms with Crippen LogP contribution in [0.2, 0.25) is 0 Å². The van der Waals surface area contributed by atoms with Crippen molar-refractivity contribution < 1.29 is 19.0 Å². The van der Waals surface area contributed by atoms with Gasteiger partial charge in [-0.05, 0) is 98.0 Å². The summed E-state index contributed by atoms with van der Waals surface area (Å²) < 4.78 is 18.5. The third-order valence-electron chi connectivity index (χ3n) is 8.85. The van der Waals surface area contributed by atoms with E-state index < -0.39 is 11.5 Å². The van der Waals surface area contributed by atoms with Gasteiger partial charge in [0, 0.05) is 23.2 Å². The summed E-state index contributed by atoms with van der Waals surface area (Å²) in [6, 6.07) is 32.5. The molecule has 0 unspecified atom stereocenters. The molecule has 6 rings (SSSR count). The van der Waals surface area contributed by atoms with Crippen molar-refractivity contribution in [1.82, 2.24) is 4.90 Å². The number of fused-ring (bicyclic) bond motifs is 4. The Morgan fingerprint density at radius 2 is 1.30 bits per heavy atom. The number of Topliss-reactive ketones (excluding diaryl/α,β-unsaturated/α-hetero) is 1. The lowest BCUT2D eigenvalue weighted by Gasteiger charge is -2.53. The molecular formula is C38H39NO4. The van der Waals surface area contributed by atoms with E-state index in [2.05, 4.69) is 87.2 Å². The van der Waals surface area contributed by atoms with Crippen LogP contribution in [0.15, 0.2) is 97.1 Å². The van der Waals surface area contributed by atoms with E-state index in [1.165, 1.54) is 0 Å². The molecule has 0 amide bonds. The second-order valence-corrected chi connectivity index (χ2v) is 11.9. The maximum Gasteiger partial charge on any atom is 0.173 e. The number of hydrogen-bond donors (Lipinski definition) is 0. The van der Waals surface area contributed by atoms with Crippen LogP contribution in [0.1, 0.15) is 78.0 Å². The molecule has 0 radical (unpaired) electrons. The molecule has 5 nitrogen and oxygen atoms in total. The minimum absolute atomic E-state index is 0.00436. The highest BCUT2D eigenvalue weighted by atomic mass is 16.5. The number of ether oxygens (including phenoxy) is 3. The lowest BCUT2D eigenvalue weighted by Crippen LogP contribution is -2.52. The lowest BCUT2D eigenvalue weighted by atomic mass is 9.62. The third-order valence-corrected chi connectivity index (χ3v) is 8.85.